The first-order valence-electron chi connectivity index (χ1n) is 10.3. The van der Waals surface area contributed by atoms with Gasteiger partial charge in [-0.2, -0.15) is 0 Å². The first-order valence-corrected chi connectivity index (χ1v) is 10.6. The van der Waals surface area contributed by atoms with Crippen molar-refractivity contribution in [2.45, 2.75) is 26.4 Å². The zero-order valence-electron chi connectivity index (χ0n) is 18.4. The molecule has 0 bridgehead atoms. The molecule has 0 aliphatic heterocycles. The summed E-state index contributed by atoms with van der Waals surface area (Å²) in [5, 5.41) is 8.02. The summed E-state index contributed by atoms with van der Waals surface area (Å²) in [6.07, 6.45) is 1.41. The molecular formula is C23H24ClN5O4. The van der Waals surface area contributed by atoms with E-state index < -0.39 is 11.9 Å². The van der Waals surface area contributed by atoms with Crippen molar-refractivity contribution >= 4 is 29.3 Å². The van der Waals surface area contributed by atoms with Crippen LogP contribution < -0.4 is 16.0 Å². The van der Waals surface area contributed by atoms with Crippen LogP contribution in [0.1, 0.15) is 40.5 Å². The molecule has 0 saturated carbocycles. The minimum Gasteiger partial charge on any atom is -0.451 e. The SMILES string of the molecule is CNC(=O)C(NC(=O)c1ccc(-c2cccc(CNC(=O)c3ccnc(Cl)n3)c2)o1)C(C)C. The summed E-state index contributed by atoms with van der Waals surface area (Å²) in [7, 11) is 1.52. The first kappa shape index (κ1) is 23.9. The highest BCUT2D eigenvalue weighted by Crippen LogP contribution is 2.23. The summed E-state index contributed by atoms with van der Waals surface area (Å²) in [6.45, 7) is 3.94. The third-order valence-electron chi connectivity index (χ3n) is 4.84. The molecule has 10 heteroatoms. The van der Waals surface area contributed by atoms with Gasteiger partial charge in [0.05, 0.1) is 0 Å². The third kappa shape index (κ3) is 6.17. The lowest BCUT2D eigenvalue weighted by Crippen LogP contribution is -2.48. The van der Waals surface area contributed by atoms with Crippen molar-refractivity contribution in [3.8, 4) is 11.3 Å². The number of nitrogens with one attached hydrogen (secondary N) is 3. The van der Waals surface area contributed by atoms with Crippen LogP contribution in [0.25, 0.3) is 11.3 Å². The number of rotatable bonds is 8. The number of benzene rings is 1. The highest BCUT2D eigenvalue weighted by atomic mass is 35.5. The monoisotopic (exact) mass is 469 g/mol. The summed E-state index contributed by atoms with van der Waals surface area (Å²) >= 11 is 5.72. The number of aromatic nitrogens is 2. The van der Waals surface area contributed by atoms with Crippen molar-refractivity contribution in [1.29, 1.82) is 0 Å². The number of carbonyl (C=O) groups is 3. The zero-order chi connectivity index (χ0) is 24.0. The maximum Gasteiger partial charge on any atom is 0.287 e. The van der Waals surface area contributed by atoms with Gasteiger partial charge in [0.25, 0.3) is 11.8 Å². The highest BCUT2D eigenvalue weighted by molar-refractivity contribution is 6.28. The Hall–Kier alpha value is -3.72. The number of halogens is 1. The third-order valence-corrected chi connectivity index (χ3v) is 5.02. The van der Waals surface area contributed by atoms with Crippen LogP contribution in [-0.2, 0) is 11.3 Å². The fourth-order valence-corrected chi connectivity index (χ4v) is 3.23. The predicted octanol–water partition coefficient (Wildman–Crippen LogP) is 2.82. The second kappa shape index (κ2) is 10.7. The maximum absolute atomic E-state index is 12.6. The van der Waals surface area contributed by atoms with Gasteiger partial charge in [-0.05, 0) is 47.3 Å². The van der Waals surface area contributed by atoms with E-state index >= 15 is 0 Å². The number of hydrogen-bond donors (Lipinski definition) is 3. The highest BCUT2D eigenvalue weighted by Gasteiger charge is 2.25. The molecular weight excluding hydrogens is 446 g/mol. The van der Waals surface area contributed by atoms with Crippen LogP contribution in [0.4, 0.5) is 0 Å². The summed E-state index contributed by atoms with van der Waals surface area (Å²) in [6, 6.07) is 11.4. The summed E-state index contributed by atoms with van der Waals surface area (Å²) in [5.74, 6) is -0.637. The van der Waals surface area contributed by atoms with Crippen LogP contribution in [-0.4, -0.2) is 40.8 Å². The average molecular weight is 470 g/mol. The van der Waals surface area contributed by atoms with Gasteiger partial charge in [-0.15, -0.1) is 0 Å². The molecule has 0 radical (unpaired) electrons. The molecule has 0 aliphatic rings. The van der Waals surface area contributed by atoms with Crippen molar-refractivity contribution in [2.75, 3.05) is 7.05 Å². The van der Waals surface area contributed by atoms with Crippen LogP contribution in [0.5, 0.6) is 0 Å². The number of furan rings is 1. The lowest BCUT2D eigenvalue weighted by atomic mass is 10.0. The van der Waals surface area contributed by atoms with Gasteiger partial charge in [-0.1, -0.05) is 32.0 Å². The van der Waals surface area contributed by atoms with E-state index in [0.717, 1.165) is 11.1 Å². The molecule has 2 heterocycles. The Bertz CT molecular complexity index is 1160. The Morgan fingerprint density at radius 3 is 2.58 bits per heavy atom. The van der Waals surface area contributed by atoms with Crippen LogP contribution in [0.2, 0.25) is 5.28 Å². The Kier molecular flexibility index (Phi) is 7.78. The van der Waals surface area contributed by atoms with Crippen molar-refractivity contribution in [2.24, 2.45) is 5.92 Å². The van der Waals surface area contributed by atoms with Gasteiger partial charge in [0.1, 0.15) is 17.5 Å². The predicted molar refractivity (Wildman–Crippen MR) is 123 cm³/mol. The van der Waals surface area contributed by atoms with Gasteiger partial charge >= 0.3 is 0 Å². The molecule has 3 amide bonds. The first-order chi connectivity index (χ1) is 15.8. The average Bonchev–Trinajstić information content (AvgIpc) is 3.31. The minimum atomic E-state index is -0.673. The minimum absolute atomic E-state index is 0.00246. The molecule has 0 saturated heterocycles. The molecule has 1 atom stereocenters. The standard InChI is InChI=1S/C23H24ClN5O4/c1-13(2)19(22(32)25-3)29-21(31)18-8-7-17(33-18)15-6-4-5-14(11-15)12-27-20(30)16-9-10-26-23(24)28-16/h4-11,13,19H,12H2,1-3H3,(H,25,32)(H,27,30)(H,29,31). The zero-order valence-corrected chi connectivity index (χ0v) is 19.1. The number of hydrogen-bond acceptors (Lipinski definition) is 6. The van der Waals surface area contributed by atoms with E-state index in [9.17, 15) is 14.4 Å². The van der Waals surface area contributed by atoms with Crippen molar-refractivity contribution in [1.82, 2.24) is 25.9 Å². The van der Waals surface area contributed by atoms with Gasteiger partial charge < -0.3 is 20.4 Å². The van der Waals surface area contributed by atoms with E-state index in [-0.39, 0.29) is 41.0 Å². The quantitative estimate of drug-likeness (QED) is 0.435. The Morgan fingerprint density at radius 2 is 1.88 bits per heavy atom. The molecule has 2 aromatic heterocycles. The fourth-order valence-electron chi connectivity index (χ4n) is 3.09. The number of carbonyl (C=O) groups excluding carboxylic acids is 3. The normalized spacial score (nSPS) is 11.7. The Labute approximate surface area is 196 Å². The van der Waals surface area contributed by atoms with Gasteiger partial charge in [0, 0.05) is 25.4 Å². The van der Waals surface area contributed by atoms with Crippen molar-refractivity contribution < 1.29 is 18.8 Å². The summed E-state index contributed by atoms with van der Waals surface area (Å²) in [5.41, 5.74) is 1.73. The van der Waals surface area contributed by atoms with E-state index in [1.165, 1.54) is 19.3 Å². The lowest BCUT2D eigenvalue weighted by Gasteiger charge is -2.19. The molecule has 0 fully saturated rings. The second-order valence-electron chi connectivity index (χ2n) is 7.57. The maximum atomic E-state index is 12.6. The van der Waals surface area contributed by atoms with Gasteiger partial charge in [-0.3, -0.25) is 14.4 Å². The molecule has 9 nitrogen and oxygen atoms in total. The molecule has 1 aromatic carbocycles. The van der Waals surface area contributed by atoms with Crippen LogP contribution in [0.3, 0.4) is 0 Å². The van der Waals surface area contributed by atoms with E-state index in [1.807, 2.05) is 38.1 Å². The van der Waals surface area contributed by atoms with Gasteiger partial charge in [0.2, 0.25) is 11.2 Å². The molecule has 172 valence electrons. The van der Waals surface area contributed by atoms with Crippen LogP contribution >= 0.6 is 11.6 Å². The molecule has 3 N–H and O–H groups in total. The number of likely N-dealkylation sites (N-methyl/N-ethyl adjacent to an activating group) is 1. The molecule has 1 unspecified atom stereocenters. The molecule has 0 aliphatic carbocycles. The largest absolute Gasteiger partial charge is 0.451 e. The van der Waals surface area contributed by atoms with E-state index in [0.29, 0.717) is 5.76 Å². The number of nitrogens with zero attached hydrogens (tertiary/aromatic N) is 2. The Balaban J connectivity index is 1.67. The fraction of sp³-hybridized carbons (Fsp3) is 0.261. The van der Waals surface area contributed by atoms with Gasteiger partial charge in [0.15, 0.2) is 5.76 Å². The Morgan fingerprint density at radius 1 is 1.09 bits per heavy atom. The molecule has 3 rings (SSSR count). The topological polar surface area (TPSA) is 126 Å². The van der Waals surface area contributed by atoms with Gasteiger partial charge in [-0.25, -0.2) is 9.97 Å². The van der Waals surface area contributed by atoms with Crippen molar-refractivity contribution in [3.05, 3.63) is 71.0 Å². The smallest absolute Gasteiger partial charge is 0.287 e. The molecule has 0 spiro atoms. The second-order valence-corrected chi connectivity index (χ2v) is 7.91. The van der Waals surface area contributed by atoms with Crippen molar-refractivity contribution in [3.63, 3.8) is 0 Å². The molecule has 3 aromatic rings. The van der Waals surface area contributed by atoms with Crippen LogP contribution in [0.15, 0.2) is 53.1 Å². The lowest BCUT2D eigenvalue weighted by molar-refractivity contribution is -0.123. The van der Waals surface area contributed by atoms with E-state index in [1.54, 1.807) is 12.1 Å². The molecule has 33 heavy (non-hydrogen) atoms. The van der Waals surface area contributed by atoms with E-state index in [4.69, 9.17) is 16.0 Å². The number of amides is 3. The summed E-state index contributed by atoms with van der Waals surface area (Å²) in [4.78, 5) is 44.5. The summed E-state index contributed by atoms with van der Waals surface area (Å²) < 4.78 is 5.73. The van der Waals surface area contributed by atoms with Crippen LogP contribution in [0, 0.1) is 5.92 Å². The van der Waals surface area contributed by atoms with E-state index in [2.05, 4.69) is 25.9 Å².